The summed E-state index contributed by atoms with van der Waals surface area (Å²) in [5, 5.41) is 10.2. The normalized spacial score (nSPS) is 19.1. The lowest BCUT2D eigenvalue weighted by Crippen LogP contribution is -2.31. The van der Waals surface area contributed by atoms with Gasteiger partial charge in [-0.15, -0.1) is 0 Å². The summed E-state index contributed by atoms with van der Waals surface area (Å²) in [7, 11) is 1.60. The van der Waals surface area contributed by atoms with Gasteiger partial charge in [0.1, 0.15) is 5.75 Å². The van der Waals surface area contributed by atoms with Crippen molar-refractivity contribution in [1.82, 2.24) is 4.90 Å². The summed E-state index contributed by atoms with van der Waals surface area (Å²) in [6.07, 6.45) is 0.219. The molecule has 1 aliphatic heterocycles. The number of aryl methyl sites for hydroxylation is 1. The molecule has 0 aromatic heterocycles. The largest absolute Gasteiger partial charge is 0.496 e. The van der Waals surface area contributed by atoms with Gasteiger partial charge < -0.3 is 14.7 Å². The Balaban J connectivity index is 1.76. The van der Waals surface area contributed by atoms with Crippen LogP contribution in [-0.2, 0) is 16.0 Å². The summed E-state index contributed by atoms with van der Waals surface area (Å²) >= 11 is 5.93. The molecule has 0 spiro atoms. The van der Waals surface area contributed by atoms with E-state index >= 15 is 0 Å². The Labute approximate surface area is 163 Å². The summed E-state index contributed by atoms with van der Waals surface area (Å²) in [6, 6.07) is 12.8. The zero-order valence-electron chi connectivity index (χ0n) is 15.3. The van der Waals surface area contributed by atoms with Crippen molar-refractivity contribution in [2.45, 2.75) is 19.3 Å². The molecular weight excluding hydrogens is 366 g/mol. The summed E-state index contributed by atoms with van der Waals surface area (Å²) < 4.78 is 5.31. The third kappa shape index (κ3) is 4.25. The van der Waals surface area contributed by atoms with Crippen molar-refractivity contribution in [3.63, 3.8) is 0 Å². The molecule has 142 valence electrons. The van der Waals surface area contributed by atoms with Gasteiger partial charge in [-0.05, 0) is 41.8 Å². The molecule has 0 unspecified atom stereocenters. The lowest BCUT2D eigenvalue weighted by molar-refractivity contribution is -0.141. The molecule has 1 N–H and O–H groups in total. The molecule has 1 amide bonds. The molecule has 1 heterocycles. The number of carboxylic acid groups (broad SMARTS) is 1. The molecule has 1 saturated heterocycles. The molecular formula is C21H22ClNO4. The number of hydrogen-bond donors (Lipinski definition) is 1. The lowest BCUT2D eigenvalue weighted by Gasteiger charge is -2.17. The van der Waals surface area contributed by atoms with Crippen molar-refractivity contribution in [2.24, 2.45) is 5.92 Å². The summed E-state index contributed by atoms with van der Waals surface area (Å²) in [4.78, 5) is 26.1. The summed E-state index contributed by atoms with van der Waals surface area (Å²) in [6.45, 7) is 2.55. The second kappa shape index (κ2) is 8.01. The van der Waals surface area contributed by atoms with E-state index in [9.17, 15) is 14.7 Å². The Kier molecular flexibility index (Phi) is 5.71. The predicted octanol–water partition coefficient (Wildman–Crippen LogP) is 3.53. The van der Waals surface area contributed by atoms with Crippen LogP contribution in [0.5, 0.6) is 5.75 Å². The van der Waals surface area contributed by atoms with Gasteiger partial charge in [0.2, 0.25) is 5.91 Å². The van der Waals surface area contributed by atoms with Gasteiger partial charge in [-0.2, -0.15) is 0 Å². The highest BCUT2D eigenvalue weighted by Crippen LogP contribution is 2.34. The minimum atomic E-state index is -0.887. The standard InChI is InChI=1S/C21H22ClNO4/c1-13-3-4-14(9-19(13)27-2)10-20(24)23-11-17(18(12-23)21(25)26)15-5-7-16(22)8-6-15/h3-9,17-18H,10-12H2,1-2H3,(H,25,26)/t17-,18+/m0/s1. The smallest absolute Gasteiger partial charge is 0.308 e. The number of carbonyl (C=O) groups is 2. The monoisotopic (exact) mass is 387 g/mol. The van der Waals surface area contributed by atoms with Crippen LogP contribution < -0.4 is 4.74 Å². The van der Waals surface area contributed by atoms with Gasteiger partial charge >= 0.3 is 5.97 Å². The van der Waals surface area contributed by atoms with Crippen molar-refractivity contribution >= 4 is 23.5 Å². The zero-order chi connectivity index (χ0) is 19.6. The highest BCUT2D eigenvalue weighted by atomic mass is 35.5. The van der Waals surface area contributed by atoms with Gasteiger partial charge in [0.05, 0.1) is 19.4 Å². The van der Waals surface area contributed by atoms with Crippen LogP contribution in [0, 0.1) is 12.8 Å². The minimum absolute atomic E-state index is 0.0800. The van der Waals surface area contributed by atoms with Gasteiger partial charge in [-0.1, -0.05) is 35.9 Å². The molecule has 1 aliphatic rings. The maximum atomic E-state index is 12.8. The van der Waals surface area contributed by atoms with E-state index in [0.29, 0.717) is 11.6 Å². The van der Waals surface area contributed by atoms with Crippen LogP contribution in [-0.4, -0.2) is 42.1 Å². The fourth-order valence-corrected chi connectivity index (χ4v) is 3.69. The zero-order valence-corrected chi connectivity index (χ0v) is 16.1. The number of aliphatic carboxylic acids is 1. The van der Waals surface area contributed by atoms with Crippen LogP contribution >= 0.6 is 11.6 Å². The van der Waals surface area contributed by atoms with Crippen LogP contribution in [0.2, 0.25) is 5.02 Å². The van der Waals surface area contributed by atoms with Gasteiger partial charge in [-0.25, -0.2) is 0 Å². The number of benzene rings is 2. The first-order valence-electron chi connectivity index (χ1n) is 8.78. The van der Waals surface area contributed by atoms with Crippen LogP contribution in [0.1, 0.15) is 22.6 Å². The fraction of sp³-hybridized carbons (Fsp3) is 0.333. The second-order valence-electron chi connectivity index (χ2n) is 6.88. The second-order valence-corrected chi connectivity index (χ2v) is 7.32. The van der Waals surface area contributed by atoms with Crippen LogP contribution in [0.3, 0.4) is 0 Å². The summed E-state index contributed by atoms with van der Waals surface area (Å²) in [5.74, 6) is -1.09. The number of ether oxygens (including phenoxy) is 1. The molecule has 3 rings (SSSR count). The number of hydrogen-bond acceptors (Lipinski definition) is 3. The first kappa shape index (κ1) is 19.2. The van der Waals surface area contributed by atoms with Crippen LogP contribution in [0.25, 0.3) is 0 Å². The third-order valence-electron chi connectivity index (χ3n) is 5.12. The number of rotatable bonds is 5. The van der Waals surface area contributed by atoms with E-state index in [-0.39, 0.29) is 24.8 Å². The summed E-state index contributed by atoms with van der Waals surface area (Å²) in [5.41, 5.74) is 2.74. The third-order valence-corrected chi connectivity index (χ3v) is 5.37. The Hall–Kier alpha value is -2.53. The van der Waals surface area contributed by atoms with Gasteiger partial charge in [-0.3, -0.25) is 9.59 Å². The van der Waals surface area contributed by atoms with Gasteiger partial charge in [0.15, 0.2) is 0 Å². The molecule has 2 atom stereocenters. The molecule has 0 saturated carbocycles. The topological polar surface area (TPSA) is 66.8 Å². The number of carbonyl (C=O) groups excluding carboxylic acids is 1. The Bertz CT molecular complexity index is 850. The number of halogens is 1. The lowest BCUT2D eigenvalue weighted by atomic mass is 9.89. The van der Waals surface area contributed by atoms with E-state index in [2.05, 4.69) is 0 Å². The average molecular weight is 388 g/mol. The highest BCUT2D eigenvalue weighted by molar-refractivity contribution is 6.30. The molecule has 27 heavy (non-hydrogen) atoms. The fourth-order valence-electron chi connectivity index (χ4n) is 3.57. The Morgan fingerprint density at radius 1 is 1.19 bits per heavy atom. The average Bonchev–Trinajstić information content (AvgIpc) is 3.10. The van der Waals surface area contributed by atoms with Crippen molar-refractivity contribution in [1.29, 1.82) is 0 Å². The minimum Gasteiger partial charge on any atom is -0.496 e. The van der Waals surface area contributed by atoms with Crippen molar-refractivity contribution in [3.05, 3.63) is 64.2 Å². The molecule has 6 heteroatoms. The number of likely N-dealkylation sites (tertiary alicyclic amines) is 1. The maximum absolute atomic E-state index is 12.8. The SMILES string of the molecule is COc1cc(CC(=O)N2C[C@@H](C(=O)O)[C@H](c3ccc(Cl)cc3)C2)ccc1C. The van der Waals surface area contributed by atoms with E-state index in [4.69, 9.17) is 16.3 Å². The van der Waals surface area contributed by atoms with E-state index in [1.165, 1.54) is 0 Å². The molecule has 1 fully saturated rings. The Morgan fingerprint density at radius 2 is 1.89 bits per heavy atom. The number of amides is 1. The first-order chi connectivity index (χ1) is 12.9. The van der Waals surface area contributed by atoms with E-state index < -0.39 is 11.9 Å². The van der Waals surface area contributed by atoms with E-state index in [0.717, 1.165) is 22.4 Å². The highest BCUT2D eigenvalue weighted by Gasteiger charge is 2.40. The van der Waals surface area contributed by atoms with Crippen molar-refractivity contribution in [2.75, 3.05) is 20.2 Å². The van der Waals surface area contributed by atoms with Crippen LogP contribution in [0.4, 0.5) is 0 Å². The maximum Gasteiger partial charge on any atom is 0.308 e. The molecule has 2 aromatic carbocycles. The predicted molar refractivity (Wildman–Crippen MR) is 103 cm³/mol. The first-order valence-corrected chi connectivity index (χ1v) is 9.16. The van der Waals surface area contributed by atoms with Crippen molar-refractivity contribution in [3.8, 4) is 5.75 Å². The van der Waals surface area contributed by atoms with E-state index in [1.807, 2.05) is 37.3 Å². The quantitative estimate of drug-likeness (QED) is 0.852. The Morgan fingerprint density at radius 3 is 2.52 bits per heavy atom. The molecule has 5 nitrogen and oxygen atoms in total. The molecule has 0 bridgehead atoms. The van der Waals surface area contributed by atoms with Crippen molar-refractivity contribution < 1.29 is 19.4 Å². The number of methoxy groups -OCH3 is 1. The van der Waals surface area contributed by atoms with Gasteiger partial charge in [0, 0.05) is 24.0 Å². The van der Waals surface area contributed by atoms with E-state index in [1.54, 1.807) is 24.1 Å². The molecule has 2 aromatic rings. The number of carboxylic acids is 1. The van der Waals surface area contributed by atoms with Gasteiger partial charge in [0.25, 0.3) is 0 Å². The molecule has 0 radical (unpaired) electrons. The van der Waals surface area contributed by atoms with Crippen LogP contribution in [0.15, 0.2) is 42.5 Å². The number of nitrogens with zero attached hydrogens (tertiary/aromatic N) is 1. The molecule has 0 aliphatic carbocycles.